The molecular formula is C14H19N3O. The molecule has 1 N–H and O–H groups in total. The van der Waals surface area contributed by atoms with E-state index in [1.54, 1.807) is 0 Å². The Kier molecular flexibility index (Phi) is 2.96. The third-order valence-electron chi connectivity index (χ3n) is 3.58. The highest BCUT2D eigenvalue weighted by Gasteiger charge is 2.20. The highest BCUT2D eigenvalue weighted by Crippen LogP contribution is 2.20. The fraction of sp³-hybridized carbons (Fsp3) is 0.500. The summed E-state index contributed by atoms with van der Waals surface area (Å²) in [5.41, 5.74) is 3.50. The minimum absolute atomic E-state index is 0.743. The van der Waals surface area contributed by atoms with E-state index in [0.29, 0.717) is 0 Å². The predicted molar refractivity (Wildman–Crippen MR) is 69.4 cm³/mol. The van der Waals surface area contributed by atoms with Gasteiger partial charge in [-0.3, -0.25) is 0 Å². The fourth-order valence-corrected chi connectivity index (χ4v) is 2.20. The van der Waals surface area contributed by atoms with Gasteiger partial charge in [-0.1, -0.05) is 5.16 Å². The van der Waals surface area contributed by atoms with E-state index in [0.717, 1.165) is 30.6 Å². The van der Waals surface area contributed by atoms with Crippen LogP contribution >= 0.6 is 0 Å². The van der Waals surface area contributed by atoms with E-state index in [1.165, 1.54) is 24.1 Å². The third-order valence-corrected chi connectivity index (χ3v) is 3.58. The van der Waals surface area contributed by atoms with Crippen molar-refractivity contribution in [3.8, 4) is 0 Å². The van der Waals surface area contributed by atoms with E-state index in [2.05, 4.69) is 33.4 Å². The van der Waals surface area contributed by atoms with Crippen molar-refractivity contribution >= 4 is 0 Å². The van der Waals surface area contributed by atoms with Gasteiger partial charge in [0.05, 0.1) is 12.2 Å². The van der Waals surface area contributed by atoms with E-state index in [9.17, 15) is 0 Å². The molecule has 2 aromatic heterocycles. The minimum atomic E-state index is 0.743. The van der Waals surface area contributed by atoms with Crippen LogP contribution < -0.4 is 5.32 Å². The molecule has 4 nitrogen and oxygen atoms in total. The molecule has 1 fully saturated rings. The SMILES string of the molecule is Cc1noc(C)c1Cn1cccc1CNC1CC1. The summed E-state index contributed by atoms with van der Waals surface area (Å²) in [6.45, 7) is 5.76. The molecule has 0 atom stereocenters. The lowest BCUT2D eigenvalue weighted by atomic mass is 10.2. The molecule has 0 saturated heterocycles. The Hall–Kier alpha value is -1.55. The summed E-state index contributed by atoms with van der Waals surface area (Å²) in [7, 11) is 0. The Morgan fingerprint density at radius 1 is 1.44 bits per heavy atom. The van der Waals surface area contributed by atoms with Crippen molar-refractivity contribution in [1.29, 1.82) is 0 Å². The number of aromatic nitrogens is 2. The standard InChI is InChI=1S/C14H19N3O/c1-10-14(11(2)18-16-10)9-17-7-3-4-13(17)8-15-12-5-6-12/h3-4,7,12,15H,5-6,8-9H2,1-2H3. The van der Waals surface area contributed by atoms with E-state index in [-0.39, 0.29) is 0 Å². The zero-order valence-electron chi connectivity index (χ0n) is 10.9. The molecule has 0 aromatic carbocycles. The van der Waals surface area contributed by atoms with Gasteiger partial charge in [0.25, 0.3) is 0 Å². The number of nitrogens with zero attached hydrogens (tertiary/aromatic N) is 2. The molecule has 1 aliphatic carbocycles. The van der Waals surface area contributed by atoms with Gasteiger partial charge >= 0.3 is 0 Å². The molecule has 1 aliphatic rings. The third kappa shape index (κ3) is 2.34. The fourth-order valence-electron chi connectivity index (χ4n) is 2.20. The Morgan fingerprint density at radius 3 is 2.94 bits per heavy atom. The molecule has 4 heteroatoms. The second-order valence-electron chi connectivity index (χ2n) is 5.09. The summed E-state index contributed by atoms with van der Waals surface area (Å²) >= 11 is 0. The van der Waals surface area contributed by atoms with Crippen LogP contribution in [0.25, 0.3) is 0 Å². The van der Waals surface area contributed by atoms with Gasteiger partial charge < -0.3 is 14.4 Å². The largest absolute Gasteiger partial charge is 0.361 e. The summed E-state index contributed by atoms with van der Waals surface area (Å²) in [4.78, 5) is 0. The molecule has 0 spiro atoms. The summed E-state index contributed by atoms with van der Waals surface area (Å²) in [5, 5.41) is 7.55. The second kappa shape index (κ2) is 4.61. The van der Waals surface area contributed by atoms with Crippen molar-refractivity contribution in [2.24, 2.45) is 0 Å². The molecule has 0 unspecified atom stereocenters. The maximum Gasteiger partial charge on any atom is 0.138 e. The quantitative estimate of drug-likeness (QED) is 0.879. The molecule has 2 aromatic rings. The van der Waals surface area contributed by atoms with Crippen LogP contribution in [0.1, 0.15) is 35.6 Å². The average molecular weight is 245 g/mol. The zero-order valence-corrected chi connectivity index (χ0v) is 10.9. The van der Waals surface area contributed by atoms with Crippen LogP contribution in [0.2, 0.25) is 0 Å². The van der Waals surface area contributed by atoms with Crippen molar-refractivity contribution in [3.05, 3.63) is 41.0 Å². The zero-order chi connectivity index (χ0) is 12.5. The first kappa shape index (κ1) is 11.5. The van der Waals surface area contributed by atoms with Crippen molar-refractivity contribution in [2.45, 2.75) is 45.8 Å². The predicted octanol–water partition coefficient (Wildman–Crippen LogP) is 2.39. The minimum Gasteiger partial charge on any atom is -0.361 e. The number of nitrogens with one attached hydrogen (secondary N) is 1. The van der Waals surface area contributed by atoms with Crippen LogP contribution in [0.3, 0.4) is 0 Å². The molecule has 18 heavy (non-hydrogen) atoms. The van der Waals surface area contributed by atoms with E-state index >= 15 is 0 Å². The molecule has 96 valence electrons. The molecule has 0 radical (unpaired) electrons. The monoisotopic (exact) mass is 245 g/mol. The van der Waals surface area contributed by atoms with Crippen LogP contribution in [0, 0.1) is 13.8 Å². The smallest absolute Gasteiger partial charge is 0.138 e. The van der Waals surface area contributed by atoms with Gasteiger partial charge in [0.15, 0.2) is 0 Å². The lowest BCUT2D eigenvalue weighted by molar-refractivity contribution is 0.392. The van der Waals surface area contributed by atoms with Gasteiger partial charge in [-0.25, -0.2) is 0 Å². The first-order chi connectivity index (χ1) is 8.74. The number of rotatable bonds is 5. The molecule has 2 heterocycles. The molecule has 0 amide bonds. The average Bonchev–Trinajstić information content (AvgIpc) is 3.01. The van der Waals surface area contributed by atoms with E-state index < -0.39 is 0 Å². The molecule has 3 rings (SSSR count). The van der Waals surface area contributed by atoms with Gasteiger partial charge in [0.2, 0.25) is 0 Å². The Labute approximate surface area is 107 Å². The Bertz CT molecular complexity index is 517. The molecule has 1 saturated carbocycles. The summed E-state index contributed by atoms with van der Waals surface area (Å²) in [5.74, 6) is 0.919. The van der Waals surface area contributed by atoms with E-state index in [1.807, 2.05) is 13.8 Å². The number of hydrogen-bond donors (Lipinski definition) is 1. The Morgan fingerprint density at radius 2 is 2.28 bits per heavy atom. The molecule has 0 bridgehead atoms. The maximum atomic E-state index is 5.21. The van der Waals surface area contributed by atoms with Gasteiger partial charge in [-0.2, -0.15) is 0 Å². The van der Waals surface area contributed by atoms with Crippen LogP contribution in [-0.4, -0.2) is 15.8 Å². The normalized spacial score (nSPS) is 15.2. The highest BCUT2D eigenvalue weighted by atomic mass is 16.5. The van der Waals surface area contributed by atoms with Crippen LogP contribution in [-0.2, 0) is 13.1 Å². The van der Waals surface area contributed by atoms with Gasteiger partial charge in [0.1, 0.15) is 5.76 Å². The highest BCUT2D eigenvalue weighted by molar-refractivity contribution is 5.22. The van der Waals surface area contributed by atoms with Gasteiger partial charge in [-0.05, 0) is 38.8 Å². The molecular weight excluding hydrogens is 226 g/mol. The first-order valence-corrected chi connectivity index (χ1v) is 6.53. The lowest BCUT2D eigenvalue weighted by Crippen LogP contribution is -2.18. The topological polar surface area (TPSA) is 43.0 Å². The first-order valence-electron chi connectivity index (χ1n) is 6.53. The molecule has 0 aliphatic heterocycles. The van der Waals surface area contributed by atoms with Crippen LogP contribution in [0.4, 0.5) is 0 Å². The summed E-state index contributed by atoms with van der Waals surface area (Å²) in [6, 6.07) is 5.02. The second-order valence-corrected chi connectivity index (χ2v) is 5.09. The van der Waals surface area contributed by atoms with Crippen LogP contribution in [0.15, 0.2) is 22.9 Å². The maximum absolute atomic E-state index is 5.21. The van der Waals surface area contributed by atoms with Crippen molar-refractivity contribution < 1.29 is 4.52 Å². The van der Waals surface area contributed by atoms with E-state index in [4.69, 9.17) is 4.52 Å². The van der Waals surface area contributed by atoms with Crippen molar-refractivity contribution in [3.63, 3.8) is 0 Å². The van der Waals surface area contributed by atoms with Crippen molar-refractivity contribution in [1.82, 2.24) is 15.0 Å². The van der Waals surface area contributed by atoms with Gasteiger partial charge in [-0.15, -0.1) is 0 Å². The lowest BCUT2D eigenvalue weighted by Gasteiger charge is -2.09. The number of aryl methyl sites for hydroxylation is 2. The summed E-state index contributed by atoms with van der Waals surface area (Å²) < 4.78 is 7.48. The van der Waals surface area contributed by atoms with Crippen LogP contribution in [0.5, 0.6) is 0 Å². The van der Waals surface area contributed by atoms with Crippen molar-refractivity contribution in [2.75, 3.05) is 0 Å². The number of hydrogen-bond acceptors (Lipinski definition) is 3. The summed E-state index contributed by atoms with van der Waals surface area (Å²) in [6.07, 6.45) is 4.77. The Balaban J connectivity index is 1.73. The van der Waals surface area contributed by atoms with Gasteiger partial charge in [0, 0.05) is 30.0 Å².